The molecular weight excluding hydrogens is 132 g/mol. The fourth-order valence-corrected chi connectivity index (χ4v) is 1.32. The highest BCUT2D eigenvalue weighted by atomic mass is 32.1. The van der Waals surface area contributed by atoms with E-state index in [1.54, 1.807) is 11.3 Å². The molecule has 1 aromatic heterocycles. The summed E-state index contributed by atoms with van der Waals surface area (Å²) in [5, 5.41) is 1.96. The first-order valence-electron chi connectivity index (χ1n) is 2.75. The Kier molecular flexibility index (Phi) is 2.01. The molecule has 1 radical (unpaired) electrons. The Morgan fingerprint density at radius 2 is 2.56 bits per heavy atom. The molecule has 1 atom stereocenters. The van der Waals surface area contributed by atoms with Crippen molar-refractivity contribution < 1.29 is 4.79 Å². The van der Waals surface area contributed by atoms with E-state index in [-0.39, 0.29) is 5.92 Å². The van der Waals surface area contributed by atoms with Crippen LogP contribution in [0.25, 0.3) is 0 Å². The summed E-state index contributed by atoms with van der Waals surface area (Å²) in [5.74, 6) is -0.0509. The second kappa shape index (κ2) is 2.78. The van der Waals surface area contributed by atoms with Crippen LogP contribution in [0, 0.1) is 0 Å². The Morgan fingerprint density at radius 3 is 3.00 bits per heavy atom. The van der Waals surface area contributed by atoms with E-state index >= 15 is 0 Å². The van der Waals surface area contributed by atoms with E-state index in [0.29, 0.717) is 0 Å². The molecule has 1 unspecified atom stereocenters. The summed E-state index contributed by atoms with van der Waals surface area (Å²) in [6.07, 6.45) is 1.93. The maximum atomic E-state index is 10.1. The second-order valence-electron chi connectivity index (χ2n) is 1.85. The molecule has 0 fully saturated rings. The lowest BCUT2D eigenvalue weighted by molar-refractivity contribution is 0.547. The smallest absolute Gasteiger partial charge is 0.207 e. The predicted octanol–water partition coefficient (Wildman–Crippen LogP) is 1.96. The van der Waals surface area contributed by atoms with E-state index in [0.717, 1.165) is 4.88 Å². The number of hydrogen-bond acceptors (Lipinski definition) is 2. The fourth-order valence-electron chi connectivity index (χ4n) is 0.596. The van der Waals surface area contributed by atoms with Gasteiger partial charge in [-0.15, -0.1) is 11.3 Å². The average molecular weight is 139 g/mol. The first-order valence-corrected chi connectivity index (χ1v) is 3.63. The van der Waals surface area contributed by atoms with Gasteiger partial charge >= 0.3 is 0 Å². The molecule has 0 amide bonds. The molecule has 0 aliphatic carbocycles. The topological polar surface area (TPSA) is 17.1 Å². The van der Waals surface area contributed by atoms with Crippen LogP contribution in [0.1, 0.15) is 17.7 Å². The number of thiophene rings is 1. The standard InChI is InChI=1S/C7H7OS/c1-6(5-8)7-3-2-4-9-7/h2-4,6H,1H3. The van der Waals surface area contributed by atoms with Crippen molar-refractivity contribution in [1.29, 1.82) is 0 Å². The molecule has 1 aromatic rings. The fraction of sp³-hybridized carbons (Fsp3) is 0.286. The molecule has 0 N–H and O–H groups in total. The SMILES string of the molecule is CC([C]=O)c1cccs1. The molecule has 1 rings (SSSR count). The van der Waals surface area contributed by atoms with Gasteiger partial charge in [-0.2, -0.15) is 0 Å². The molecule has 47 valence electrons. The Bertz CT molecular complexity index is 179. The van der Waals surface area contributed by atoms with E-state index in [1.807, 2.05) is 30.7 Å². The summed E-state index contributed by atoms with van der Waals surface area (Å²) >= 11 is 1.59. The Morgan fingerprint density at radius 1 is 1.78 bits per heavy atom. The van der Waals surface area contributed by atoms with Gasteiger partial charge in [0.1, 0.15) is 0 Å². The predicted molar refractivity (Wildman–Crippen MR) is 38.4 cm³/mol. The van der Waals surface area contributed by atoms with E-state index in [9.17, 15) is 4.79 Å². The van der Waals surface area contributed by atoms with Gasteiger partial charge < -0.3 is 0 Å². The third-order valence-electron chi connectivity index (χ3n) is 1.15. The van der Waals surface area contributed by atoms with Crippen LogP contribution in [-0.4, -0.2) is 6.29 Å². The summed E-state index contributed by atoms with van der Waals surface area (Å²) in [4.78, 5) is 11.2. The third-order valence-corrected chi connectivity index (χ3v) is 2.20. The van der Waals surface area contributed by atoms with Crippen molar-refractivity contribution in [1.82, 2.24) is 0 Å². The minimum absolute atomic E-state index is 0.0509. The molecule has 1 heterocycles. The lowest BCUT2D eigenvalue weighted by Crippen LogP contribution is -1.88. The van der Waals surface area contributed by atoms with Crippen LogP contribution in [-0.2, 0) is 4.79 Å². The van der Waals surface area contributed by atoms with Gasteiger partial charge in [0.05, 0.1) is 5.92 Å². The molecule has 0 aliphatic rings. The van der Waals surface area contributed by atoms with E-state index in [4.69, 9.17) is 0 Å². The van der Waals surface area contributed by atoms with Crippen LogP contribution < -0.4 is 0 Å². The minimum Gasteiger partial charge on any atom is -0.290 e. The summed E-state index contributed by atoms with van der Waals surface area (Å²) in [6, 6.07) is 3.88. The summed E-state index contributed by atoms with van der Waals surface area (Å²) < 4.78 is 0. The Balaban J connectivity index is 2.76. The van der Waals surface area contributed by atoms with Crippen molar-refractivity contribution in [2.24, 2.45) is 0 Å². The van der Waals surface area contributed by atoms with Gasteiger partial charge in [0.2, 0.25) is 6.29 Å². The van der Waals surface area contributed by atoms with Gasteiger partial charge in [0.15, 0.2) is 0 Å². The van der Waals surface area contributed by atoms with Gasteiger partial charge in [-0.25, -0.2) is 0 Å². The molecule has 2 heteroatoms. The van der Waals surface area contributed by atoms with Gasteiger partial charge in [-0.3, -0.25) is 4.79 Å². The highest BCUT2D eigenvalue weighted by Gasteiger charge is 2.03. The van der Waals surface area contributed by atoms with Gasteiger partial charge in [-0.1, -0.05) is 13.0 Å². The lowest BCUT2D eigenvalue weighted by Gasteiger charge is -1.93. The van der Waals surface area contributed by atoms with Crippen molar-refractivity contribution in [3.8, 4) is 0 Å². The second-order valence-corrected chi connectivity index (χ2v) is 2.83. The van der Waals surface area contributed by atoms with Crippen molar-refractivity contribution in [3.05, 3.63) is 22.4 Å². The molecule has 0 aliphatic heterocycles. The van der Waals surface area contributed by atoms with Gasteiger partial charge in [0.25, 0.3) is 0 Å². The largest absolute Gasteiger partial charge is 0.290 e. The number of carbonyl (C=O) groups excluding carboxylic acids is 1. The molecule has 9 heavy (non-hydrogen) atoms. The Labute approximate surface area is 58.3 Å². The molecule has 0 bridgehead atoms. The van der Waals surface area contributed by atoms with Crippen LogP contribution >= 0.6 is 11.3 Å². The normalized spacial score (nSPS) is 13.0. The van der Waals surface area contributed by atoms with Crippen molar-refractivity contribution in [2.75, 3.05) is 0 Å². The maximum absolute atomic E-state index is 10.1. The molecule has 0 spiro atoms. The van der Waals surface area contributed by atoms with Crippen molar-refractivity contribution in [2.45, 2.75) is 12.8 Å². The number of rotatable bonds is 2. The van der Waals surface area contributed by atoms with E-state index in [2.05, 4.69) is 0 Å². The highest BCUT2D eigenvalue weighted by molar-refractivity contribution is 7.10. The first kappa shape index (κ1) is 6.49. The highest BCUT2D eigenvalue weighted by Crippen LogP contribution is 2.17. The molecule has 0 aromatic carbocycles. The zero-order valence-electron chi connectivity index (χ0n) is 5.13. The summed E-state index contributed by atoms with van der Waals surface area (Å²) in [6.45, 7) is 1.85. The first-order chi connectivity index (χ1) is 4.34. The van der Waals surface area contributed by atoms with Gasteiger partial charge in [-0.05, 0) is 11.4 Å². The Hall–Kier alpha value is -0.630. The van der Waals surface area contributed by atoms with Crippen molar-refractivity contribution >= 4 is 17.6 Å². The van der Waals surface area contributed by atoms with Crippen LogP contribution in [0.15, 0.2) is 17.5 Å². The lowest BCUT2D eigenvalue weighted by atomic mass is 10.2. The molecule has 1 nitrogen and oxygen atoms in total. The number of hydrogen-bond donors (Lipinski definition) is 0. The third kappa shape index (κ3) is 1.39. The zero-order chi connectivity index (χ0) is 6.69. The average Bonchev–Trinajstić information content (AvgIpc) is 2.37. The van der Waals surface area contributed by atoms with Crippen LogP contribution in [0.4, 0.5) is 0 Å². The monoisotopic (exact) mass is 139 g/mol. The molecular formula is C7H7OS. The van der Waals surface area contributed by atoms with Gasteiger partial charge in [0, 0.05) is 4.88 Å². The van der Waals surface area contributed by atoms with Crippen LogP contribution in [0.5, 0.6) is 0 Å². The van der Waals surface area contributed by atoms with Crippen LogP contribution in [0.2, 0.25) is 0 Å². The van der Waals surface area contributed by atoms with E-state index in [1.165, 1.54) is 0 Å². The zero-order valence-corrected chi connectivity index (χ0v) is 5.94. The molecule has 0 saturated heterocycles. The molecule has 0 saturated carbocycles. The minimum atomic E-state index is -0.0509. The summed E-state index contributed by atoms with van der Waals surface area (Å²) in [5.41, 5.74) is 0. The maximum Gasteiger partial charge on any atom is 0.207 e. The quantitative estimate of drug-likeness (QED) is 0.612. The van der Waals surface area contributed by atoms with Crippen molar-refractivity contribution in [3.63, 3.8) is 0 Å². The summed E-state index contributed by atoms with van der Waals surface area (Å²) in [7, 11) is 0. The van der Waals surface area contributed by atoms with Crippen LogP contribution in [0.3, 0.4) is 0 Å². The van der Waals surface area contributed by atoms with E-state index < -0.39 is 0 Å².